The zero-order chi connectivity index (χ0) is 28.1. The zero-order valence-electron chi connectivity index (χ0n) is 23.7. The van der Waals surface area contributed by atoms with Gasteiger partial charge in [0.05, 0.1) is 17.6 Å². The zero-order valence-corrected chi connectivity index (χ0v) is 23.7. The fraction of sp³-hybridized carbons (Fsp3) is 0.333. The molecule has 3 aromatic heterocycles. The Hall–Kier alpha value is -4.33. The van der Waals surface area contributed by atoms with E-state index in [4.69, 9.17) is 14.7 Å². The van der Waals surface area contributed by atoms with Gasteiger partial charge in [-0.05, 0) is 73.1 Å². The van der Waals surface area contributed by atoms with Crippen molar-refractivity contribution < 1.29 is 13.7 Å². The summed E-state index contributed by atoms with van der Waals surface area (Å²) in [6.45, 7) is 9.01. The minimum absolute atomic E-state index is 0.182. The molecule has 0 unspecified atom stereocenters. The van der Waals surface area contributed by atoms with E-state index in [9.17, 15) is 4.39 Å². The fourth-order valence-corrected chi connectivity index (χ4v) is 6.13. The van der Waals surface area contributed by atoms with Gasteiger partial charge in [-0.15, -0.1) is 0 Å². The average molecular weight is 550 g/mol. The number of hydrogen-bond donors (Lipinski definition) is 1. The third kappa shape index (κ3) is 5.14. The van der Waals surface area contributed by atoms with Crippen LogP contribution in [0.4, 0.5) is 10.2 Å². The van der Waals surface area contributed by atoms with Gasteiger partial charge in [-0.25, -0.2) is 19.3 Å². The molecule has 0 spiro atoms. The van der Waals surface area contributed by atoms with E-state index in [0.717, 1.165) is 76.6 Å². The molecule has 41 heavy (non-hydrogen) atoms. The number of hydrogen-bond acceptors (Lipinski definition) is 5. The first-order valence-corrected chi connectivity index (χ1v) is 14.3. The van der Waals surface area contributed by atoms with Crippen molar-refractivity contribution >= 4 is 16.9 Å². The van der Waals surface area contributed by atoms with Crippen molar-refractivity contribution in [2.75, 3.05) is 18.1 Å². The van der Waals surface area contributed by atoms with Crippen molar-refractivity contribution in [1.29, 1.82) is 0 Å². The van der Waals surface area contributed by atoms with Gasteiger partial charge in [0.15, 0.2) is 17.8 Å². The van der Waals surface area contributed by atoms with E-state index in [1.807, 2.05) is 13.1 Å². The van der Waals surface area contributed by atoms with Gasteiger partial charge in [-0.1, -0.05) is 26.0 Å². The third-order valence-corrected chi connectivity index (χ3v) is 8.23. The van der Waals surface area contributed by atoms with Crippen LogP contribution >= 0.6 is 0 Å². The Morgan fingerprint density at radius 1 is 1.07 bits per heavy atom. The monoisotopic (exact) mass is 549 g/mol. The number of nitrogens with zero attached hydrogens (tertiary/aromatic N) is 5. The van der Waals surface area contributed by atoms with Gasteiger partial charge in [-0.2, -0.15) is 4.57 Å². The van der Waals surface area contributed by atoms with E-state index in [-0.39, 0.29) is 11.2 Å². The summed E-state index contributed by atoms with van der Waals surface area (Å²) >= 11 is 0. The molecule has 4 heterocycles. The Bertz CT molecular complexity index is 1780. The first kappa shape index (κ1) is 25.6. The van der Waals surface area contributed by atoms with Crippen LogP contribution in [0.2, 0.25) is 0 Å². The number of halogens is 1. The molecule has 1 aliphatic carbocycles. The number of imidazole rings is 1. The van der Waals surface area contributed by atoms with E-state index in [1.165, 1.54) is 17.8 Å². The minimum Gasteiger partial charge on any atom is -0.491 e. The largest absolute Gasteiger partial charge is 0.491 e. The van der Waals surface area contributed by atoms with E-state index in [0.29, 0.717) is 25.5 Å². The summed E-state index contributed by atoms with van der Waals surface area (Å²) in [5.41, 5.74) is 7.93. The Kier molecular flexibility index (Phi) is 6.21. The number of H-pyrrole nitrogens is 1. The maximum absolute atomic E-state index is 13.9. The third-order valence-electron chi connectivity index (χ3n) is 8.23. The summed E-state index contributed by atoms with van der Waals surface area (Å²) in [5, 5.41) is 0. The van der Waals surface area contributed by atoms with Gasteiger partial charge in [0, 0.05) is 29.4 Å². The van der Waals surface area contributed by atoms with E-state index >= 15 is 0 Å². The van der Waals surface area contributed by atoms with Crippen LogP contribution in [0.25, 0.3) is 22.2 Å². The number of rotatable bonds is 4. The van der Waals surface area contributed by atoms with E-state index < -0.39 is 0 Å². The Labute approximate surface area is 239 Å². The molecule has 0 amide bonds. The molecule has 1 N–H and O–H groups in total. The smallest absolute Gasteiger partial charge is 0.207 e. The summed E-state index contributed by atoms with van der Waals surface area (Å²) < 4.78 is 22.0. The molecule has 0 saturated carbocycles. The van der Waals surface area contributed by atoms with Crippen LogP contribution < -0.4 is 14.2 Å². The molecule has 0 atom stereocenters. The second kappa shape index (κ2) is 9.94. The SMILES string of the molecule is Cc1nc2ccc(-c3ccc4c(c3)CN(c3nc(C[n+]5cccc(F)c5)nc5c3CC(C)(C)CC5)CCO4)cc2[nH]1. The molecule has 0 fully saturated rings. The average Bonchev–Trinajstić information content (AvgIpc) is 3.18. The first-order valence-electron chi connectivity index (χ1n) is 14.3. The van der Waals surface area contributed by atoms with Crippen molar-refractivity contribution in [2.45, 2.75) is 53.1 Å². The molecule has 0 radical (unpaired) electrons. The second-order valence-electron chi connectivity index (χ2n) is 12.1. The number of aryl methyl sites for hydroxylation is 2. The molecule has 2 aromatic carbocycles. The van der Waals surface area contributed by atoms with Gasteiger partial charge < -0.3 is 14.6 Å². The quantitative estimate of drug-likeness (QED) is 0.291. The predicted molar refractivity (Wildman–Crippen MR) is 156 cm³/mol. The van der Waals surface area contributed by atoms with Crippen LogP contribution in [0, 0.1) is 18.2 Å². The minimum atomic E-state index is -0.272. The normalized spacial score (nSPS) is 16.1. The fourth-order valence-electron chi connectivity index (χ4n) is 6.13. The maximum atomic E-state index is 13.9. The van der Waals surface area contributed by atoms with Gasteiger partial charge in [0.1, 0.15) is 24.0 Å². The second-order valence-corrected chi connectivity index (χ2v) is 12.1. The van der Waals surface area contributed by atoms with Gasteiger partial charge in [0.25, 0.3) is 0 Å². The highest BCUT2D eigenvalue weighted by molar-refractivity contribution is 5.82. The lowest BCUT2D eigenvalue weighted by molar-refractivity contribution is -0.690. The summed E-state index contributed by atoms with van der Waals surface area (Å²) in [4.78, 5) is 20.4. The van der Waals surface area contributed by atoms with Crippen LogP contribution in [-0.4, -0.2) is 33.1 Å². The van der Waals surface area contributed by atoms with Crippen molar-refractivity contribution in [3.8, 4) is 16.9 Å². The lowest BCUT2D eigenvalue weighted by Gasteiger charge is -2.34. The molecule has 1 aliphatic heterocycles. The van der Waals surface area contributed by atoms with Gasteiger partial charge in [0.2, 0.25) is 12.7 Å². The molecule has 0 saturated heterocycles. The van der Waals surface area contributed by atoms with Crippen molar-refractivity contribution in [3.05, 3.63) is 95.2 Å². The van der Waals surface area contributed by atoms with Crippen LogP contribution in [0.15, 0.2) is 60.9 Å². The molecule has 7 rings (SSSR count). The number of benzene rings is 2. The van der Waals surface area contributed by atoms with E-state index in [2.05, 4.69) is 65.1 Å². The Morgan fingerprint density at radius 3 is 2.80 bits per heavy atom. The maximum Gasteiger partial charge on any atom is 0.207 e. The van der Waals surface area contributed by atoms with Crippen LogP contribution in [0.1, 0.15) is 48.7 Å². The molecule has 0 bridgehead atoms. The number of nitrogens with one attached hydrogen (secondary N) is 1. The van der Waals surface area contributed by atoms with Crippen molar-refractivity contribution in [1.82, 2.24) is 19.9 Å². The summed E-state index contributed by atoms with van der Waals surface area (Å²) in [7, 11) is 0. The van der Waals surface area contributed by atoms with Crippen molar-refractivity contribution in [2.24, 2.45) is 5.41 Å². The van der Waals surface area contributed by atoms with Crippen molar-refractivity contribution in [3.63, 3.8) is 0 Å². The first-order chi connectivity index (χ1) is 19.8. The number of aromatic nitrogens is 5. The highest BCUT2D eigenvalue weighted by atomic mass is 19.1. The number of fused-ring (bicyclic) bond motifs is 3. The summed E-state index contributed by atoms with van der Waals surface area (Å²) in [5.74, 6) is 3.23. The molecule has 2 aliphatic rings. The molecule has 7 nitrogen and oxygen atoms in total. The molecule has 5 aromatic rings. The number of anilines is 1. The highest BCUT2D eigenvalue weighted by Gasteiger charge is 2.32. The van der Waals surface area contributed by atoms with Crippen LogP contribution in [-0.2, 0) is 25.9 Å². The van der Waals surface area contributed by atoms with E-state index in [1.54, 1.807) is 10.6 Å². The predicted octanol–water partition coefficient (Wildman–Crippen LogP) is 5.72. The number of ether oxygens (including phenoxy) is 1. The molecular formula is C33H34FN6O+. The molecule has 8 heteroatoms. The number of pyridine rings is 1. The number of aromatic amines is 1. The standard InChI is InChI=1S/C33H34FN6O/c1-21-35-28-8-6-23(16-29(28)36-21)22-7-9-30-24(15-22)18-40(13-14-41-30)32-26-17-33(2,3)11-10-27(26)37-31(38-32)20-39-12-4-5-25(34)19-39/h4-9,12,15-16,19H,10-11,13-14,17-18,20H2,1-3H3,(H,35,36)/q+1. The lowest BCUT2D eigenvalue weighted by atomic mass is 9.76. The van der Waals surface area contributed by atoms with Crippen LogP contribution in [0.5, 0.6) is 5.75 Å². The summed E-state index contributed by atoms with van der Waals surface area (Å²) in [6.07, 6.45) is 6.27. The van der Waals surface area contributed by atoms with Gasteiger partial charge >= 0.3 is 0 Å². The lowest BCUT2D eigenvalue weighted by Crippen LogP contribution is -2.37. The highest BCUT2D eigenvalue weighted by Crippen LogP contribution is 2.39. The summed E-state index contributed by atoms with van der Waals surface area (Å²) in [6, 6.07) is 16.0. The topological polar surface area (TPSA) is 70.8 Å². The molecule has 208 valence electrons. The Morgan fingerprint density at radius 2 is 1.93 bits per heavy atom. The van der Waals surface area contributed by atoms with Crippen LogP contribution in [0.3, 0.4) is 0 Å². The Balaban J connectivity index is 1.26. The molecular weight excluding hydrogens is 515 g/mol. The van der Waals surface area contributed by atoms with Gasteiger partial charge in [-0.3, -0.25) is 0 Å².